The van der Waals surface area contributed by atoms with Gasteiger partial charge in [0.05, 0.1) is 12.1 Å². The van der Waals surface area contributed by atoms with Crippen LogP contribution in [0.4, 0.5) is 0 Å². The maximum Gasteiger partial charge on any atom is 0.271 e. The molecule has 0 saturated heterocycles. The predicted molar refractivity (Wildman–Crippen MR) is 60.4 cm³/mol. The Morgan fingerprint density at radius 3 is 2.71 bits per heavy atom. The Hall–Kier alpha value is -1.47. The van der Waals surface area contributed by atoms with E-state index in [0.29, 0.717) is 12.1 Å². The predicted octanol–water partition coefficient (Wildman–Crippen LogP) is 0.0278. The monoisotopic (exact) mass is 242 g/mol. The third-order valence-corrected chi connectivity index (χ3v) is 2.67. The molecular weight excluding hydrogens is 224 g/mol. The lowest BCUT2D eigenvalue weighted by Gasteiger charge is -2.17. The van der Waals surface area contributed by atoms with Gasteiger partial charge in [-0.15, -0.1) is 5.10 Å². The highest BCUT2D eigenvalue weighted by Gasteiger charge is 2.24. The van der Waals surface area contributed by atoms with Crippen molar-refractivity contribution in [1.82, 2.24) is 15.0 Å². The van der Waals surface area contributed by atoms with E-state index >= 15 is 0 Å². The zero-order valence-electron chi connectivity index (χ0n) is 10.3. The van der Waals surface area contributed by atoms with Crippen LogP contribution in [0.25, 0.3) is 0 Å². The molecule has 96 valence electrons. The van der Waals surface area contributed by atoms with Crippen LogP contribution in [0.3, 0.4) is 0 Å². The first-order chi connectivity index (χ1) is 8.02. The summed E-state index contributed by atoms with van der Waals surface area (Å²) in [5.74, 6) is -0.633. The Morgan fingerprint density at radius 1 is 1.59 bits per heavy atom. The second kappa shape index (κ2) is 5.74. The molecule has 1 aromatic rings. The SMILES string of the molecule is COC(C)c1c(C(N)=O)nnn1C(C)CCO. The Labute approximate surface area is 99.6 Å². The van der Waals surface area contributed by atoms with Gasteiger partial charge < -0.3 is 15.6 Å². The second-order valence-corrected chi connectivity index (χ2v) is 3.87. The number of aliphatic hydroxyl groups excluding tert-OH is 1. The van der Waals surface area contributed by atoms with Crippen molar-refractivity contribution in [3.8, 4) is 0 Å². The molecule has 1 aromatic heterocycles. The first-order valence-corrected chi connectivity index (χ1v) is 5.41. The summed E-state index contributed by atoms with van der Waals surface area (Å²) in [5.41, 5.74) is 5.89. The molecule has 3 N–H and O–H groups in total. The summed E-state index contributed by atoms with van der Waals surface area (Å²) in [7, 11) is 1.53. The van der Waals surface area contributed by atoms with E-state index in [1.54, 1.807) is 11.6 Å². The highest BCUT2D eigenvalue weighted by molar-refractivity contribution is 5.91. The number of rotatable bonds is 6. The van der Waals surface area contributed by atoms with E-state index in [1.807, 2.05) is 6.92 Å². The summed E-state index contributed by atoms with van der Waals surface area (Å²) >= 11 is 0. The van der Waals surface area contributed by atoms with Crippen molar-refractivity contribution in [3.05, 3.63) is 11.4 Å². The van der Waals surface area contributed by atoms with Gasteiger partial charge in [-0.2, -0.15) is 0 Å². The number of nitrogens with zero attached hydrogens (tertiary/aromatic N) is 3. The summed E-state index contributed by atoms with van der Waals surface area (Å²) in [6.07, 6.45) is 0.180. The molecule has 1 heterocycles. The minimum atomic E-state index is -0.633. The van der Waals surface area contributed by atoms with Crippen LogP contribution in [0, 0.1) is 0 Å². The van der Waals surface area contributed by atoms with E-state index in [1.165, 1.54) is 7.11 Å². The van der Waals surface area contributed by atoms with E-state index in [2.05, 4.69) is 10.3 Å². The van der Waals surface area contributed by atoms with Gasteiger partial charge in [-0.25, -0.2) is 4.68 Å². The number of carbonyl (C=O) groups is 1. The number of ether oxygens (including phenoxy) is 1. The fourth-order valence-electron chi connectivity index (χ4n) is 1.60. The Bertz CT molecular complexity index is 391. The van der Waals surface area contributed by atoms with Crippen molar-refractivity contribution in [3.63, 3.8) is 0 Å². The molecule has 1 rings (SSSR count). The van der Waals surface area contributed by atoms with Crippen molar-refractivity contribution in [2.75, 3.05) is 13.7 Å². The highest BCUT2D eigenvalue weighted by atomic mass is 16.5. The fraction of sp³-hybridized carbons (Fsp3) is 0.700. The van der Waals surface area contributed by atoms with Gasteiger partial charge in [0.1, 0.15) is 5.69 Å². The molecule has 1 amide bonds. The minimum Gasteiger partial charge on any atom is -0.396 e. The highest BCUT2D eigenvalue weighted by Crippen LogP contribution is 2.23. The van der Waals surface area contributed by atoms with Crippen molar-refractivity contribution in [2.24, 2.45) is 5.73 Å². The Balaban J connectivity index is 3.17. The molecule has 0 radical (unpaired) electrons. The van der Waals surface area contributed by atoms with Crippen LogP contribution in [0.2, 0.25) is 0 Å². The average molecular weight is 242 g/mol. The number of aliphatic hydroxyl groups is 1. The number of hydrogen-bond acceptors (Lipinski definition) is 5. The average Bonchev–Trinajstić information content (AvgIpc) is 2.72. The van der Waals surface area contributed by atoms with E-state index in [0.717, 1.165) is 0 Å². The minimum absolute atomic E-state index is 0.0355. The first kappa shape index (κ1) is 13.6. The van der Waals surface area contributed by atoms with Crippen LogP contribution in [-0.2, 0) is 4.74 Å². The van der Waals surface area contributed by atoms with Gasteiger partial charge in [-0.1, -0.05) is 5.21 Å². The molecule has 7 nitrogen and oxygen atoms in total. The number of hydrogen-bond donors (Lipinski definition) is 2. The molecule has 17 heavy (non-hydrogen) atoms. The third-order valence-electron chi connectivity index (χ3n) is 2.67. The van der Waals surface area contributed by atoms with Crippen LogP contribution < -0.4 is 5.73 Å². The normalized spacial score (nSPS) is 14.6. The van der Waals surface area contributed by atoms with Gasteiger partial charge in [0.25, 0.3) is 5.91 Å². The van der Waals surface area contributed by atoms with Crippen molar-refractivity contribution in [1.29, 1.82) is 0 Å². The number of primary amides is 1. The van der Waals surface area contributed by atoms with E-state index < -0.39 is 5.91 Å². The van der Waals surface area contributed by atoms with Gasteiger partial charge in [0.15, 0.2) is 5.69 Å². The van der Waals surface area contributed by atoms with Crippen molar-refractivity contribution in [2.45, 2.75) is 32.4 Å². The second-order valence-electron chi connectivity index (χ2n) is 3.87. The van der Waals surface area contributed by atoms with Crippen LogP contribution in [0.5, 0.6) is 0 Å². The topological polar surface area (TPSA) is 103 Å². The molecule has 0 spiro atoms. The molecule has 2 atom stereocenters. The van der Waals surface area contributed by atoms with Crippen LogP contribution in [0.15, 0.2) is 0 Å². The van der Waals surface area contributed by atoms with Gasteiger partial charge >= 0.3 is 0 Å². The largest absolute Gasteiger partial charge is 0.396 e. The Morgan fingerprint density at radius 2 is 2.24 bits per heavy atom. The van der Waals surface area contributed by atoms with Crippen molar-refractivity contribution < 1.29 is 14.6 Å². The van der Waals surface area contributed by atoms with E-state index in [-0.39, 0.29) is 24.4 Å². The Kier molecular flexibility index (Phi) is 4.59. The first-order valence-electron chi connectivity index (χ1n) is 5.41. The smallest absolute Gasteiger partial charge is 0.271 e. The zero-order valence-corrected chi connectivity index (χ0v) is 10.3. The molecule has 0 bridgehead atoms. The fourth-order valence-corrected chi connectivity index (χ4v) is 1.60. The lowest BCUT2D eigenvalue weighted by molar-refractivity contribution is 0.0955. The molecule has 0 aliphatic heterocycles. The number of methoxy groups -OCH3 is 1. The molecule has 0 fully saturated rings. The third kappa shape index (κ3) is 2.80. The maximum atomic E-state index is 11.2. The lowest BCUT2D eigenvalue weighted by Crippen LogP contribution is -2.19. The van der Waals surface area contributed by atoms with Crippen LogP contribution >= 0.6 is 0 Å². The summed E-state index contributed by atoms with van der Waals surface area (Å²) in [6, 6.07) is -0.0757. The summed E-state index contributed by atoms with van der Waals surface area (Å²) in [4.78, 5) is 11.2. The molecular formula is C10H18N4O3. The van der Waals surface area contributed by atoms with E-state index in [9.17, 15) is 4.79 Å². The summed E-state index contributed by atoms with van der Waals surface area (Å²) in [5, 5.41) is 16.6. The quantitative estimate of drug-likeness (QED) is 0.732. The lowest BCUT2D eigenvalue weighted by atomic mass is 10.1. The number of amides is 1. The van der Waals surface area contributed by atoms with E-state index in [4.69, 9.17) is 15.6 Å². The molecule has 7 heteroatoms. The standard InChI is InChI=1S/C10H18N4O3/c1-6(4-5-15)14-9(7(2)17-3)8(10(11)16)12-13-14/h6-7,15H,4-5H2,1-3H3,(H2,11,16). The zero-order chi connectivity index (χ0) is 13.0. The van der Waals surface area contributed by atoms with Crippen molar-refractivity contribution >= 4 is 5.91 Å². The number of aromatic nitrogens is 3. The van der Waals surface area contributed by atoms with Gasteiger partial charge in [-0.05, 0) is 20.3 Å². The summed E-state index contributed by atoms with van der Waals surface area (Å²) in [6.45, 7) is 3.70. The van der Waals surface area contributed by atoms with Gasteiger partial charge in [-0.3, -0.25) is 4.79 Å². The molecule has 0 aliphatic carbocycles. The van der Waals surface area contributed by atoms with Gasteiger partial charge in [0.2, 0.25) is 0 Å². The molecule has 0 aromatic carbocycles. The molecule has 0 aliphatic rings. The molecule has 0 saturated carbocycles. The van der Waals surface area contributed by atoms with Crippen LogP contribution in [-0.4, -0.2) is 39.7 Å². The molecule has 2 unspecified atom stereocenters. The number of carbonyl (C=O) groups excluding carboxylic acids is 1. The van der Waals surface area contributed by atoms with Gasteiger partial charge in [0, 0.05) is 13.7 Å². The number of nitrogens with two attached hydrogens (primary N) is 1. The summed E-state index contributed by atoms with van der Waals surface area (Å²) < 4.78 is 6.76. The maximum absolute atomic E-state index is 11.2. The van der Waals surface area contributed by atoms with Crippen LogP contribution in [0.1, 0.15) is 48.6 Å².